The summed E-state index contributed by atoms with van der Waals surface area (Å²) in [5.41, 5.74) is 1.12. The number of rotatable bonds is 5. The summed E-state index contributed by atoms with van der Waals surface area (Å²) in [6, 6.07) is 6.25. The first-order valence-corrected chi connectivity index (χ1v) is 7.61. The molecular weight excluding hydrogens is 270 g/mol. The quantitative estimate of drug-likeness (QED) is 0.919. The topological polar surface area (TPSA) is 39.1 Å². The van der Waals surface area contributed by atoms with Crippen LogP contribution >= 0.6 is 11.3 Å². The largest absolute Gasteiger partial charge is 0.472 e. The van der Waals surface area contributed by atoms with Crippen LogP contribution in [0.15, 0.2) is 18.2 Å². The van der Waals surface area contributed by atoms with Crippen LogP contribution in [0.1, 0.15) is 36.2 Å². The molecule has 5 heteroatoms. The fourth-order valence-electron chi connectivity index (χ4n) is 1.81. The number of ether oxygens (including phenoxy) is 1. The lowest BCUT2D eigenvalue weighted by Gasteiger charge is -2.19. The SMILES string of the molecule is Cc1cc(OCc2ccc(CNC(C)(C)C)s2)n(C)n1. The first kappa shape index (κ1) is 15.1. The molecule has 0 radical (unpaired) electrons. The molecule has 2 rings (SSSR count). The Morgan fingerprint density at radius 3 is 2.60 bits per heavy atom. The molecule has 0 atom stereocenters. The minimum atomic E-state index is 0.146. The Hall–Kier alpha value is -1.33. The third-order valence-electron chi connectivity index (χ3n) is 2.83. The number of nitrogens with zero attached hydrogens (tertiary/aromatic N) is 2. The molecule has 2 aromatic rings. The molecule has 0 saturated heterocycles. The fraction of sp³-hybridized carbons (Fsp3) is 0.533. The van der Waals surface area contributed by atoms with Gasteiger partial charge in [-0.25, -0.2) is 4.68 Å². The maximum absolute atomic E-state index is 5.79. The Bertz CT molecular complexity index is 566. The molecule has 0 aliphatic rings. The Kier molecular flexibility index (Phi) is 4.50. The van der Waals surface area contributed by atoms with E-state index in [0.29, 0.717) is 6.61 Å². The lowest BCUT2D eigenvalue weighted by Crippen LogP contribution is -2.34. The van der Waals surface area contributed by atoms with Gasteiger partial charge in [0.25, 0.3) is 0 Å². The van der Waals surface area contributed by atoms with E-state index in [1.807, 2.05) is 20.0 Å². The maximum Gasteiger partial charge on any atom is 0.212 e. The number of hydrogen-bond donors (Lipinski definition) is 1. The molecule has 0 saturated carbocycles. The monoisotopic (exact) mass is 293 g/mol. The van der Waals surface area contributed by atoms with Gasteiger partial charge in [-0.15, -0.1) is 11.3 Å². The van der Waals surface area contributed by atoms with E-state index in [1.54, 1.807) is 16.0 Å². The second-order valence-corrected chi connectivity index (χ2v) is 7.26. The summed E-state index contributed by atoms with van der Waals surface area (Å²) in [6.45, 7) is 9.99. The Morgan fingerprint density at radius 1 is 1.30 bits per heavy atom. The third-order valence-corrected chi connectivity index (χ3v) is 3.89. The summed E-state index contributed by atoms with van der Waals surface area (Å²) in [5, 5.41) is 7.76. The van der Waals surface area contributed by atoms with E-state index < -0.39 is 0 Å². The van der Waals surface area contributed by atoms with Crippen LogP contribution in [0.4, 0.5) is 0 Å². The van der Waals surface area contributed by atoms with Crippen molar-refractivity contribution in [3.63, 3.8) is 0 Å². The van der Waals surface area contributed by atoms with E-state index in [0.717, 1.165) is 18.1 Å². The fourth-order valence-corrected chi connectivity index (χ4v) is 2.69. The molecule has 0 unspecified atom stereocenters. The average Bonchev–Trinajstić information content (AvgIpc) is 2.90. The van der Waals surface area contributed by atoms with Crippen molar-refractivity contribution in [1.29, 1.82) is 0 Å². The van der Waals surface area contributed by atoms with Gasteiger partial charge in [0.1, 0.15) is 6.61 Å². The van der Waals surface area contributed by atoms with Crippen LogP contribution in [0.2, 0.25) is 0 Å². The van der Waals surface area contributed by atoms with Crippen LogP contribution in [0.3, 0.4) is 0 Å². The van der Waals surface area contributed by atoms with E-state index in [1.165, 1.54) is 9.75 Å². The Labute approximate surface area is 124 Å². The van der Waals surface area contributed by atoms with Crippen molar-refractivity contribution >= 4 is 11.3 Å². The highest BCUT2D eigenvalue weighted by Gasteiger charge is 2.10. The van der Waals surface area contributed by atoms with Crippen molar-refractivity contribution in [1.82, 2.24) is 15.1 Å². The van der Waals surface area contributed by atoms with Gasteiger partial charge in [0.2, 0.25) is 5.88 Å². The summed E-state index contributed by atoms with van der Waals surface area (Å²) in [4.78, 5) is 2.56. The van der Waals surface area contributed by atoms with Crippen LogP contribution in [-0.4, -0.2) is 15.3 Å². The smallest absolute Gasteiger partial charge is 0.212 e. The van der Waals surface area contributed by atoms with Crippen LogP contribution in [0.5, 0.6) is 5.88 Å². The van der Waals surface area contributed by atoms with Gasteiger partial charge in [-0.3, -0.25) is 0 Å². The molecule has 0 aliphatic carbocycles. The summed E-state index contributed by atoms with van der Waals surface area (Å²) >= 11 is 1.79. The van der Waals surface area contributed by atoms with Gasteiger partial charge in [0.05, 0.1) is 5.69 Å². The molecular formula is C15H23N3OS. The molecule has 4 nitrogen and oxygen atoms in total. The van der Waals surface area contributed by atoms with Crippen molar-refractivity contribution in [2.45, 2.75) is 46.4 Å². The van der Waals surface area contributed by atoms with Crippen LogP contribution in [0.25, 0.3) is 0 Å². The second-order valence-electron chi connectivity index (χ2n) is 6.01. The molecule has 2 heterocycles. The van der Waals surface area contributed by atoms with Gasteiger partial charge in [-0.05, 0) is 39.8 Å². The lowest BCUT2D eigenvalue weighted by atomic mass is 10.1. The molecule has 0 bridgehead atoms. The standard InChI is InChI=1S/C15H23N3OS/c1-11-8-14(18(5)17-11)19-10-13-7-6-12(20-13)9-16-15(2,3)4/h6-8,16H,9-10H2,1-5H3. The lowest BCUT2D eigenvalue weighted by molar-refractivity contribution is 0.282. The highest BCUT2D eigenvalue weighted by molar-refractivity contribution is 7.11. The highest BCUT2D eigenvalue weighted by Crippen LogP contribution is 2.20. The van der Waals surface area contributed by atoms with Crippen molar-refractivity contribution in [3.8, 4) is 5.88 Å². The summed E-state index contributed by atoms with van der Waals surface area (Å²) < 4.78 is 7.56. The molecule has 0 amide bonds. The minimum absolute atomic E-state index is 0.146. The summed E-state index contributed by atoms with van der Waals surface area (Å²) in [6.07, 6.45) is 0. The molecule has 1 N–H and O–H groups in total. The predicted molar refractivity (Wildman–Crippen MR) is 83.2 cm³/mol. The van der Waals surface area contributed by atoms with Gasteiger partial charge in [0.15, 0.2) is 0 Å². The minimum Gasteiger partial charge on any atom is -0.472 e. The van der Waals surface area contributed by atoms with Crippen molar-refractivity contribution in [3.05, 3.63) is 33.6 Å². The zero-order valence-electron chi connectivity index (χ0n) is 12.9. The predicted octanol–water partition coefficient (Wildman–Crippen LogP) is 3.26. The summed E-state index contributed by atoms with van der Waals surface area (Å²) in [7, 11) is 1.90. The average molecular weight is 293 g/mol. The summed E-state index contributed by atoms with van der Waals surface area (Å²) in [5.74, 6) is 0.810. The number of nitrogens with one attached hydrogen (secondary N) is 1. The third kappa shape index (κ3) is 4.35. The van der Waals surface area contributed by atoms with E-state index in [-0.39, 0.29) is 5.54 Å². The first-order chi connectivity index (χ1) is 9.33. The molecule has 110 valence electrons. The molecule has 0 fully saturated rings. The van der Waals surface area contributed by atoms with Gasteiger partial charge in [-0.1, -0.05) is 0 Å². The van der Waals surface area contributed by atoms with Crippen molar-refractivity contribution in [2.24, 2.45) is 7.05 Å². The maximum atomic E-state index is 5.79. The van der Waals surface area contributed by atoms with Crippen LogP contribution in [-0.2, 0) is 20.2 Å². The number of aryl methyl sites for hydroxylation is 2. The second kappa shape index (κ2) is 5.97. The first-order valence-electron chi connectivity index (χ1n) is 6.79. The van der Waals surface area contributed by atoms with Gasteiger partial charge < -0.3 is 10.1 Å². The molecule has 0 spiro atoms. The van der Waals surface area contributed by atoms with Gasteiger partial charge >= 0.3 is 0 Å². The number of aromatic nitrogens is 2. The Balaban J connectivity index is 1.88. The van der Waals surface area contributed by atoms with E-state index in [2.05, 4.69) is 43.3 Å². The van der Waals surface area contributed by atoms with Crippen LogP contribution < -0.4 is 10.1 Å². The normalized spacial score (nSPS) is 11.8. The van der Waals surface area contributed by atoms with Gasteiger partial charge in [-0.2, -0.15) is 5.10 Å². The molecule has 2 aromatic heterocycles. The zero-order valence-corrected chi connectivity index (χ0v) is 13.7. The molecule has 20 heavy (non-hydrogen) atoms. The van der Waals surface area contributed by atoms with Crippen molar-refractivity contribution in [2.75, 3.05) is 0 Å². The Morgan fingerprint density at radius 2 is 2.00 bits per heavy atom. The van der Waals surface area contributed by atoms with E-state index in [4.69, 9.17) is 4.74 Å². The highest BCUT2D eigenvalue weighted by atomic mass is 32.1. The number of hydrogen-bond acceptors (Lipinski definition) is 4. The van der Waals surface area contributed by atoms with E-state index in [9.17, 15) is 0 Å². The number of thiophene rings is 1. The molecule has 0 aromatic carbocycles. The van der Waals surface area contributed by atoms with Gasteiger partial charge in [0, 0.05) is 35.0 Å². The van der Waals surface area contributed by atoms with Crippen molar-refractivity contribution < 1.29 is 4.74 Å². The van der Waals surface area contributed by atoms with Crippen LogP contribution in [0, 0.1) is 6.92 Å². The zero-order chi connectivity index (χ0) is 14.8. The van der Waals surface area contributed by atoms with E-state index >= 15 is 0 Å². The molecule has 0 aliphatic heterocycles.